The third-order valence-corrected chi connectivity index (χ3v) is 7.06. The minimum atomic E-state index is -3.90. The Morgan fingerprint density at radius 2 is 1.93 bits per heavy atom. The van der Waals surface area contributed by atoms with E-state index in [-0.39, 0.29) is 29.8 Å². The van der Waals surface area contributed by atoms with Crippen molar-refractivity contribution in [1.29, 1.82) is 0 Å². The SMILES string of the molecule is COc1ccc(N(CCC(=O)N[C@@H](C)C2CC2)S(=O)(=O)c2cccc(Cl)c2)cc1. The molecule has 1 fully saturated rings. The molecule has 0 bridgehead atoms. The summed E-state index contributed by atoms with van der Waals surface area (Å²) in [6.45, 7) is 2.00. The molecule has 1 N–H and O–H groups in total. The number of ether oxygens (including phenoxy) is 1. The molecule has 29 heavy (non-hydrogen) atoms. The Labute approximate surface area is 176 Å². The topological polar surface area (TPSA) is 75.7 Å². The van der Waals surface area contributed by atoms with Crippen LogP contribution in [0.4, 0.5) is 5.69 Å². The summed E-state index contributed by atoms with van der Waals surface area (Å²) in [6.07, 6.45) is 2.31. The van der Waals surface area contributed by atoms with Crippen LogP contribution in [0, 0.1) is 5.92 Å². The molecule has 1 aliphatic rings. The molecule has 156 valence electrons. The lowest BCUT2D eigenvalue weighted by atomic mass is 10.2. The highest BCUT2D eigenvalue weighted by atomic mass is 35.5. The van der Waals surface area contributed by atoms with Gasteiger partial charge in [0.25, 0.3) is 10.0 Å². The van der Waals surface area contributed by atoms with Crippen molar-refractivity contribution >= 4 is 33.2 Å². The molecule has 0 heterocycles. The predicted molar refractivity (Wildman–Crippen MR) is 114 cm³/mol. The zero-order valence-corrected chi connectivity index (χ0v) is 18.0. The summed E-state index contributed by atoms with van der Waals surface area (Å²) >= 11 is 6.00. The summed E-state index contributed by atoms with van der Waals surface area (Å²) in [7, 11) is -2.35. The number of anilines is 1. The molecular weight excluding hydrogens is 412 g/mol. The van der Waals surface area contributed by atoms with Crippen molar-refractivity contribution in [2.75, 3.05) is 18.0 Å². The minimum absolute atomic E-state index is 0.0182. The van der Waals surface area contributed by atoms with Gasteiger partial charge >= 0.3 is 0 Å². The molecule has 1 aliphatic carbocycles. The second kappa shape index (κ2) is 9.05. The van der Waals surface area contributed by atoms with E-state index in [2.05, 4.69) is 5.32 Å². The molecule has 2 aromatic rings. The average Bonchev–Trinajstić information content (AvgIpc) is 3.54. The Hall–Kier alpha value is -2.25. The first kappa shape index (κ1) is 21.5. The van der Waals surface area contributed by atoms with Crippen molar-refractivity contribution in [2.24, 2.45) is 5.92 Å². The van der Waals surface area contributed by atoms with Gasteiger partial charge in [0.1, 0.15) is 5.75 Å². The number of rotatable bonds is 9. The molecule has 3 rings (SSSR count). The molecule has 1 amide bonds. The fraction of sp³-hybridized carbons (Fsp3) is 0.381. The number of halogens is 1. The Kier molecular flexibility index (Phi) is 6.70. The summed E-state index contributed by atoms with van der Waals surface area (Å²) in [6, 6.07) is 12.9. The van der Waals surface area contributed by atoms with E-state index in [4.69, 9.17) is 16.3 Å². The molecule has 0 spiro atoms. The number of nitrogens with one attached hydrogen (secondary N) is 1. The van der Waals surface area contributed by atoms with Crippen LogP contribution in [0.5, 0.6) is 5.75 Å². The Balaban J connectivity index is 1.83. The normalized spacial score (nSPS) is 14.9. The highest BCUT2D eigenvalue weighted by Gasteiger charge is 2.30. The first-order valence-corrected chi connectivity index (χ1v) is 11.3. The molecule has 0 aliphatic heterocycles. The molecule has 0 radical (unpaired) electrons. The van der Waals surface area contributed by atoms with E-state index >= 15 is 0 Å². The Morgan fingerprint density at radius 3 is 2.52 bits per heavy atom. The molecule has 6 nitrogen and oxygen atoms in total. The maximum absolute atomic E-state index is 13.3. The van der Waals surface area contributed by atoms with Gasteiger partial charge in [-0.05, 0) is 68.1 Å². The molecule has 2 aromatic carbocycles. The van der Waals surface area contributed by atoms with Crippen LogP contribution >= 0.6 is 11.6 Å². The van der Waals surface area contributed by atoms with Gasteiger partial charge in [0.05, 0.1) is 17.7 Å². The van der Waals surface area contributed by atoms with E-state index in [0.29, 0.717) is 22.4 Å². The number of carbonyl (C=O) groups is 1. The molecule has 0 aromatic heterocycles. The van der Waals surface area contributed by atoms with Crippen LogP contribution < -0.4 is 14.4 Å². The van der Waals surface area contributed by atoms with Crippen molar-refractivity contribution in [3.8, 4) is 5.75 Å². The van der Waals surface area contributed by atoms with Gasteiger partial charge in [-0.3, -0.25) is 9.10 Å². The zero-order chi connectivity index (χ0) is 21.0. The van der Waals surface area contributed by atoms with Crippen molar-refractivity contribution in [2.45, 2.75) is 37.1 Å². The number of nitrogens with zero attached hydrogens (tertiary/aromatic N) is 1. The van der Waals surface area contributed by atoms with Crippen LogP contribution in [-0.2, 0) is 14.8 Å². The van der Waals surface area contributed by atoms with E-state index in [0.717, 1.165) is 12.8 Å². The standard InChI is InChI=1S/C21H25ClN2O4S/c1-15(16-6-7-16)23-21(25)12-13-24(18-8-10-19(28-2)11-9-18)29(26,27)20-5-3-4-17(22)14-20/h3-5,8-11,14-16H,6-7,12-13H2,1-2H3,(H,23,25)/t15-/m0/s1. The number of benzene rings is 2. The van der Waals surface area contributed by atoms with Crippen LogP contribution in [0.2, 0.25) is 5.02 Å². The lowest BCUT2D eigenvalue weighted by Crippen LogP contribution is -2.38. The van der Waals surface area contributed by atoms with Gasteiger partial charge in [-0.15, -0.1) is 0 Å². The first-order chi connectivity index (χ1) is 13.8. The van der Waals surface area contributed by atoms with Crippen molar-refractivity contribution < 1.29 is 17.9 Å². The highest BCUT2D eigenvalue weighted by Crippen LogP contribution is 2.32. The zero-order valence-electron chi connectivity index (χ0n) is 16.5. The largest absolute Gasteiger partial charge is 0.497 e. The number of sulfonamides is 1. The summed E-state index contributed by atoms with van der Waals surface area (Å²) in [5.41, 5.74) is 0.453. The van der Waals surface area contributed by atoms with E-state index in [1.807, 2.05) is 6.92 Å². The van der Waals surface area contributed by atoms with Gasteiger partial charge in [-0.2, -0.15) is 0 Å². The number of hydrogen-bond donors (Lipinski definition) is 1. The Bertz CT molecular complexity index is 959. The van der Waals surface area contributed by atoms with Gasteiger partial charge in [0.15, 0.2) is 0 Å². The fourth-order valence-corrected chi connectivity index (χ4v) is 4.90. The van der Waals surface area contributed by atoms with Gasteiger partial charge in [0.2, 0.25) is 5.91 Å². The maximum Gasteiger partial charge on any atom is 0.264 e. The number of amides is 1. The molecule has 1 saturated carbocycles. The van der Waals surface area contributed by atoms with Gasteiger partial charge in [-0.1, -0.05) is 17.7 Å². The monoisotopic (exact) mass is 436 g/mol. The number of hydrogen-bond acceptors (Lipinski definition) is 4. The van der Waals surface area contributed by atoms with E-state index in [9.17, 15) is 13.2 Å². The second-order valence-corrected chi connectivity index (χ2v) is 9.47. The fourth-order valence-electron chi connectivity index (χ4n) is 3.13. The molecule has 1 atom stereocenters. The van der Waals surface area contributed by atoms with E-state index < -0.39 is 10.0 Å². The molecule has 8 heteroatoms. The average molecular weight is 437 g/mol. The summed E-state index contributed by atoms with van der Waals surface area (Å²) < 4.78 is 33.0. The molecule has 0 unspecified atom stereocenters. The lowest BCUT2D eigenvalue weighted by Gasteiger charge is -2.25. The first-order valence-electron chi connectivity index (χ1n) is 9.53. The minimum Gasteiger partial charge on any atom is -0.497 e. The maximum atomic E-state index is 13.3. The van der Waals surface area contributed by atoms with E-state index in [1.54, 1.807) is 43.5 Å². The third kappa shape index (κ3) is 5.42. The Morgan fingerprint density at radius 1 is 1.24 bits per heavy atom. The van der Waals surface area contributed by atoms with Crippen molar-refractivity contribution in [1.82, 2.24) is 5.32 Å². The van der Waals surface area contributed by atoms with E-state index in [1.165, 1.54) is 16.4 Å². The smallest absolute Gasteiger partial charge is 0.264 e. The van der Waals surface area contributed by atoms with Gasteiger partial charge in [0, 0.05) is 24.0 Å². The molecular formula is C21H25ClN2O4S. The third-order valence-electron chi connectivity index (χ3n) is 5.00. The summed E-state index contributed by atoms with van der Waals surface area (Å²) in [5.74, 6) is 0.987. The lowest BCUT2D eigenvalue weighted by molar-refractivity contribution is -0.121. The summed E-state index contributed by atoms with van der Waals surface area (Å²) in [5, 5.41) is 3.30. The van der Waals surface area contributed by atoms with Crippen molar-refractivity contribution in [3.05, 3.63) is 53.6 Å². The highest BCUT2D eigenvalue weighted by molar-refractivity contribution is 7.92. The quantitative estimate of drug-likeness (QED) is 0.647. The summed E-state index contributed by atoms with van der Waals surface area (Å²) in [4.78, 5) is 12.4. The number of carbonyl (C=O) groups excluding carboxylic acids is 1. The predicted octanol–water partition coefficient (Wildman–Crippen LogP) is 3.85. The number of methoxy groups -OCH3 is 1. The van der Waals surface area contributed by atoms with Gasteiger partial charge in [-0.25, -0.2) is 8.42 Å². The van der Waals surface area contributed by atoms with Crippen molar-refractivity contribution in [3.63, 3.8) is 0 Å². The molecule has 0 saturated heterocycles. The van der Waals surface area contributed by atoms with Crippen LogP contribution in [0.3, 0.4) is 0 Å². The van der Waals surface area contributed by atoms with Crippen LogP contribution in [-0.4, -0.2) is 34.0 Å². The second-order valence-electron chi connectivity index (χ2n) is 7.18. The van der Waals surface area contributed by atoms with Crippen LogP contribution in [0.1, 0.15) is 26.2 Å². The van der Waals surface area contributed by atoms with Crippen LogP contribution in [0.15, 0.2) is 53.4 Å². The van der Waals surface area contributed by atoms with Crippen LogP contribution in [0.25, 0.3) is 0 Å². The van der Waals surface area contributed by atoms with Gasteiger partial charge < -0.3 is 10.1 Å².